The van der Waals surface area contributed by atoms with Crippen LogP contribution in [0.5, 0.6) is 0 Å². The maximum Gasteiger partial charge on any atom is 0.146 e. The van der Waals surface area contributed by atoms with E-state index < -0.39 is 16.1 Å². The van der Waals surface area contributed by atoms with Gasteiger partial charge < -0.3 is 0 Å². The first-order valence-corrected chi connectivity index (χ1v) is 21.4. The molecule has 0 amide bonds. The van der Waals surface area contributed by atoms with E-state index in [1.807, 2.05) is 0 Å². The minimum Gasteiger partial charge on any atom is -0.125 e. The number of rotatable bonds is 6. The minimum atomic E-state index is -1.89. The lowest BCUT2D eigenvalue weighted by Gasteiger charge is -2.38. The maximum absolute atomic E-state index is 4.06. The predicted octanol–water partition coefficient (Wildman–Crippen LogP) is 10.1. The number of benzene rings is 3. The molecule has 0 atom stereocenters. The van der Waals surface area contributed by atoms with Gasteiger partial charge in [0.15, 0.2) is 0 Å². The van der Waals surface area contributed by atoms with Gasteiger partial charge in [-0.1, -0.05) is 143 Å². The molecule has 0 heterocycles. The van der Waals surface area contributed by atoms with Crippen molar-refractivity contribution < 1.29 is 0 Å². The van der Waals surface area contributed by atoms with Gasteiger partial charge in [-0.2, -0.15) is 0 Å². The van der Waals surface area contributed by atoms with Crippen molar-refractivity contribution in [2.24, 2.45) is 0 Å². The van der Waals surface area contributed by atoms with Gasteiger partial charge in [-0.3, -0.25) is 0 Å². The lowest BCUT2D eigenvalue weighted by molar-refractivity contribution is 0.838. The zero-order valence-electron chi connectivity index (χ0n) is 29.2. The van der Waals surface area contributed by atoms with Crippen molar-refractivity contribution in [3.8, 4) is 34.1 Å². The Morgan fingerprint density at radius 2 is 0.773 bits per heavy atom. The Hall–Kier alpha value is -3.05. The van der Waals surface area contributed by atoms with Crippen LogP contribution in [0.15, 0.2) is 60.7 Å². The summed E-state index contributed by atoms with van der Waals surface area (Å²) in [5.41, 5.74) is 19.3. The summed E-state index contributed by atoms with van der Waals surface area (Å²) in [4.78, 5) is 0. The van der Waals surface area contributed by atoms with Crippen molar-refractivity contribution >= 4 is 27.3 Å². The van der Waals surface area contributed by atoms with Crippen LogP contribution < -0.4 is 10.4 Å². The quantitative estimate of drug-likeness (QED) is 0.192. The molecule has 5 rings (SSSR count). The number of fused-ring (bicyclic) bond motifs is 5. The summed E-state index contributed by atoms with van der Waals surface area (Å²) in [6.45, 7) is 28.8. The van der Waals surface area contributed by atoms with Gasteiger partial charge in [0.25, 0.3) is 0 Å². The molecule has 2 aliphatic carbocycles. The Bertz CT molecular complexity index is 1900. The van der Waals surface area contributed by atoms with Crippen molar-refractivity contribution in [1.29, 1.82) is 0 Å². The van der Waals surface area contributed by atoms with Crippen molar-refractivity contribution in [2.75, 3.05) is 0 Å². The molecule has 0 saturated heterocycles. The van der Waals surface area contributed by atoms with Crippen LogP contribution in [-0.4, -0.2) is 16.1 Å². The molecule has 0 N–H and O–H groups in total. The first-order valence-electron chi connectivity index (χ1n) is 17.0. The van der Waals surface area contributed by atoms with Crippen LogP contribution in [0.1, 0.15) is 94.2 Å². The second-order valence-corrected chi connectivity index (χ2v) is 26.2. The minimum absolute atomic E-state index is 0.601. The second-order valence-electron chi connectivity index (χ2n) is 15.1. The molecule has 3 aromatic rings. The zero-order chi connectivity index (χ0) is 32.1. The van der Waals surface area contributed by atoms with E-state index in [9.17, 15) is 0 Å². The van der Waals surface area contributed by atoms with Crippen LogP contribution in [0, 0.1) is 33.4 Å². The second kappa shape index (κ2) is 12.0. The van der Waals surface area contributed by atoms with Gasteiger partial charge >= 0.3 is 0 Å². The van der Waals surface area contributed by atoms with Gasteiger partial charge in [-0.25, -0.2) is 0 Å². The molecule has 0 radical (unpaired) electrons. The highest BCUT2D eigenvalue weighted by atomic mass is 28.3. The van der Waals surface area contributed by atoms with Crippen molar-refractivity contribution in [2.45, 2.75) is 116 Å². The van der Waals surface area contributed by atoms with E-state index in [1.165, 1.54) is 54.3 Å². The largest absolute Gasteiger partial charge is 0.146 e. The average Bonchev–Trinajstić information content (AvgIpc) is 3.43. The van der Waals surface area contributed by atoms with Gasteiger partial charge in [0.1, 0.15) is 16.1 Å². The molecular weight excluding hydrogens is 561 g/mol. The topological polar surface area (TPSA) is 0 Å². The molecular formula is C42H52Si2. The van der Waals surface area contributed by atoms with E-state index >= 15 is 0 Å². The monoisotopic (exact) mass is 612 g/mol. The fourth-order valence-electron chi connectivity index (χ4n) is 9.10. The van der Waals surface area contributed by atoms with Gasteiger partial charge in [-0.15, -0.1) is 11.1 Å². The molecule has 0 aromatic heterocycles. The van der Waals surface area contributed by atoms with Gasteiger partial charge in [-0.05, 0) is 88.5 Å². The van der Waals surface area contributed by atoms with Crippen LogP contribution >= 0.6 is 0 Å². The number of hydrogen-bond donors (Lipinski definition) is 0. The molecule has 0 saturated carbocycles. The Morgan fingerprint density at radius 3 is 1.25 bits per heavy atom. The highest BCUT2D eigenvalue weighted by Crippen LogP contribution is 2.42. The fourth-order valence-corrected chi connectivity index (χ4v) is 19.5. The summed E-state index contributed by atoms with van der Waals surface area (Å²) < 4.78 is 0. The number of hydrogen-bond acceptors (Lipinski definition) is 0. The molecule has 2 heteroatoms. The summed E-state index contributed by atoms with van der Waals surface area (Å²) in [5.74, 6) is 7.79. The first kappa shape index (κ1) is 32.4. The molecule has 0 bridgehead atoms. The third kappa shape index (κ3) is 4.91. The van der Waals surface area contributed by atoms with Crippen LogP contribution in [0.2, 0.25) is 33.2 Å². The SMILES string of the molecule is CC(C)[Si](C#CC1=c2cc3c(cc2-c2ccccc21)=c1ccccc1=C3C#C[Si](C(C)C)(C(C)C)C(C)C)(C(C)C)C(C)C. The normalized spacial score (nSPS) is 13.8. The summed E-state index contributed by atoms with van der Waals surface area (Å²) in [5, 5.41) is 5.19. The Balaban J connectivity index is 1.85. The highest BCUT2D eigenvalue weighted by molar-refractivity contribution is 6.91. The molecule has 2 aliphatic rings. The highest BCUT2D eigenvalue weighted by Gasteiger charge is 2.43. The van der Waals surface area contributed by atoms with E-state index in [2.05, 4.69) is 167 Å². The third-order valence-corrected chi connectivity index (χ3v) is 23.8. The average molecular weight is 613 g/mol. The Labute approximate surface area is 269 Å². The smallest absolute Gasteiger partial charge is 0.125 e. The summed E-state index contributed by atoms with van der Waals surface area (Å²) in [6.07, 6.45) is 0. The zero-order valence-corrected chi connectivity index (χ0v) is 31.2. The Kier molecular flexibility index (Phi) is 8.85. The van der Waals surface area contributed by atoms with Crippen molar-refractivity contribution in [1.82, 2.24) is 0 Å². The van der Waals surface area contributed by atoms with Crippen molar-refractivity contribution in [3.63, 3.8) is 0 Å². The summed E-state index contributed by atoms with van der Waals surface area (Å²) >= 11 is 0. The van der Waals surface area contributed by atoms with Crippen LogP contribution in [-0.2, 0) is 0 Å². The lowest BCUT2D eigenvalue weighted by Crippen LogP contribution is -2.43. The van der Waals surface area contributed by atoms with E-state index in [4.69, 9.17) is 0 Å². The van der Waals surface area contributed by atoms with Crippen LogP contribution in [0.4, 0.5) is 0 Å². The lowest BCUT2D eigenvalue weighted by atomic mass is 10.0. The molecule has 0 unspecified atom stereocenters. The van der Waals surface area contributed by atoms with E-state index in [0.717, 1.165) is 0 Å². The van der Waals surface area contributed by atoms with E-state index in [1.54, 1.807) is 0 Å². The molecule has 0 spiro atoms. The Morgan fingerprint density at radius 1 is 0.386 bits per heavy atom. The fraction of sp³-hybridized carbons (Fsp3) is 0.429. The molecule has 0 aliphatic heterocycles. The van der Waals surface area contributed by atoms with Gasteiger partial charge in [0.2, 0.25) is 0 Å². The molecule has 0 nitrogen and oxygen atoms in total. The van der Waals surface area contributed by atoms with Crippen LogP contribution in [0.3, 0.4) is 0 Å². The standard InChI is InChI=1S/C42H52Si2/c1-27(2)43(28(3)4,29(5)6)23-21-37-33-17-13-15-19-35(33)39-25-40-36-20-16-14-18-34(36)38(42(40)26-41(37)39)22-24-44(30(7)8,31(9)10)32(11)12/h13-20,25-32H,1-12H3. The first-order chi connectivity index (χ1) is 20.8. The van der Waals surface area contributed by atoms with E-state index in [0.29, 0.717) is 33.2 Å². The molecule has 3 aromatic carbocycles. The van der Waals surface area contributed by atoms with E-state index in [-0.39, 0.29) is 0 Å². The van der Waals surface area contributed by atoms with Crippen molar-refractivity contribution in [3.05, 3.63) is 92.7 Å². The molecule has 228 valence electrons. The van der Waals surface area contributed by atoms with Crippen LogP contribution in [0.25, 0.3) is 22.3 Å². The summed E-state index contributed by atoms with van der Waals surface area (Å²) in [7, 11) is -3.79. The third-order valence-electron chi connectivity index (χ3n) is 11.2. The molecule has 0 fully saturated rings. The molecule has 44 heavy (non-hydrogen) atoms. The maximum atomic E-state index is 4.06. The van der Waals surface area contributed by atoms with Gasteiger partial charge in [0.05, 0.1) is 0 Å². The summed E-state index contributed by atoms with van der Waals surface area (Å²) in [6, 6.07) is 22.7. The van der Waals surface area contributed by atoms with Gasteiger partial charge in [0, 0.05) is 11.1 Å². The predicted molar refractivity (Wildman–Crippen MR) is 198 cm³/mol.